The molecule has 2 aromatic rings. The summed E-state index contributed by atoms with van der Waals surface area (Å²) < 4.78 is 19.6. The Labute approximate surface area is 163 Å². The molecule has 0 saturated heterocycles. The Morgan fingerprint density at radius 2 is 1.81 bits per heavy atom. The maximum Gasteiger partial charge on any atom is 0.126 e. The van der Waals surface area contributed by atoms with Crippen molar-refractivity contribution in [3.63, 3.8) is 0 Å². The van der Waals surface area contributed by atoms with E-state index in [0.717, 1.165) is 42.9 Å². The van der Waals surface area contributed by atoms with Gasteiger partial charge in [0.25, 0.3) is 0 Å². The summed E-state index contributed by atoms with van der Waals surface area (Å²) in [5.74, 6) is 0.809. The van der Waals surface area contributed by atoms with Crippen LogP contribution in [-0.2, 0) is 0 Å². The van der Waals surface area contributed by atoms with E-state index in [1.165, 1.54) is 37.7 Å². The summed E-state index contributed by atoms with van der Waals surface area (Å²) in [7, 11) is 0. The molecule has 0 amide bonds. The molecule has 27 heavy (non-hydrogen) atoms. The number of benzene rings is 2. The molecule has 0 saturated carbocycles. The molecule has 0 fully saturated rings. The number of nitrogens with one attached hydrogen (secondary N) is 1. The molecular weight excluding hydrogens is 337 g/mol. The standard InChI is InChI=1S/C24H32FNO/c1-3-4-5-6-7-14-26-23-9-8-15-27-24-17-20(10-12-21(23)24)19-11-13-22(25)18(2)16-19/h10-13,16-17,23,26H,3-9,14-15H2,1-2H3. The molecule has 0 spiro atoms. The van der Waals surface area contributed by atoms with Crippen molar-refractivity contribution >= 4 is 0 Å². The molecule has 2 aromatic carbocycles. The van der Waals surface area contributed by atoms with Gasteiger partial charge in [0.15, 0.2) is 0 Å². The van der Waals surface area contributed by atoms with Crippen LogP contribution in [0.15, 0.2) is 36.4 Å². The number of fused-ring (bicyclic) bond motifs is 1. The monoisotopic (exact) mass is 369 g/mol. The molecule has 1 unspecified atom stereocenters. The van der Waals surface area contributed by atoms with Gasteiger partial charge in [-0.15, -0.1) is 0 Å². The van der Waals surface area contributed by atoms with Gasteiger partial charge in [-0.25, -0.2) is 4.39 Å². The van der Waals surface area contributed by atoms with E-state index in [4.69, 9.17) is 4.74 Å². The SMILES string of the molecule is CCCCCCCNC1CCCOc2cc(-c3ccc(F)c(C)c3)ccc21. The molecule has 1 aliphatic rings. The first-order valence-corrected chi connectivity index (χ1v) is 10.5. The summed E-state index contributed by atoms with van der Waals surface area (Å²) in [4.78, 5) is 0. The minimum absolute atomic E-state index is 0.159. The van der Waals surface area contributed by atoms with Gasteiger partial charge < -0.3 is 10.1 Å². The summed E-state index contributed by atoms with van der Waals surface area (Å²) in [6.07, 6.45) is 8.68. The van der Waals surface area contributed by atoms with Gasteiger partial charge in [0, 0.05) is 11.6 Å². The van der Waals surface area contributed by atoms with E-state index < -0.39 is 0 Å². The van der Waals surface area contributed by atoms with Gasteiger partial charge in [0.1, 0.15) is 11.6 Å². The van der Waals surface area contributed by atoms with Gasteiger partial charge >= 0.3 is 0 Å². The van der Waals surface area contributed by atoms with Crippen molar-refractivity contribution in [3.05, 3.63) is 53.3 Å². The molecule has 0 bridgehead atoms. The number of rotatable bonds is 8. The van der Waals surface area contributed by atoms with E-state index in [-0.39, 0.29) is 5.82 Å². The number of aryl methyl sites for hydroxylation is 1. The Bertz CT molecular complexity index is 743. The second-order valence-electron chi connectivity index (χ2n) is 7.63. The Hall–Kier alpha value is -1.87. The van der Waals surface area contributed by atoms with Crippen LogP contribution in [0.25, 0.3) is 11.1 Å². The summed E-state index contributed by atoms with van der Waals surface area (Å²) in [6.45, 7) is 5.88. The smallest absolute Gasteiger partial charge is 0.126 e. The van der Waals surface area contributed by atoms with Crippen LogP contribution in [0.4, 0.5) is 4.39 Å². The Balaban J connectivity index is 1.70. The fourth-order valence-electron chi connectivity index (χ4n) is 3.79. The number of hydrogen-bond donors (Lipinski definition) is 1. The van der Waals surface area contributed by atoms with E-state index >= 15 is 0 Å². The van der Waals surface area contributed by atoms with Crippen molar-refractivity contribution in [2.24, 2.45) is 0 Å². The highest BCUT2D eigenvalue weighted by Crippen LogP contribution is 2.35. The molecule has 1 aliphatic heterocycles. The fraction of sp³-hybridized carbons (Fsp3) is 0.500. The fourth-order valence-corrected chi connectivity index (χ4v) is 3.79. The molecule has 2 nitrogen and oxygen atoms in total. The van der Waals surface area contributed by atoms with Crippen LogP contribution in [-0.4, -0.2) is 13.2 Å². The molecule has 0 radical (unpaired) electrons. The molecule has 1 N–H and O–H groups in total. The zero-order chi connectivity index (χ0) is 19.1. The van der Waals surface area contributed by atoms with Crippen LogP contribution in [0, 0.1) is 12.7 Å². The average molecular weight is 370 g/mol. The van der Waals surface area contributed by atoms with Crippen molar-refractivity contribution in [1.82, 2.24) is 5.32 Å². The van der Waals surface area contributed by atoms with E-state index in [9.17, 15) is 4.39 Å². The van der Waals surface area contributed by atoms with Crippen molar-refractivity contribution < 1.29 is 9.13 Å². The summed E-state index contributed by atoms with van der Waals surface area (Å²) in [5.41, 5.74) is 4.04. The lowest BCUT2D eigenvalue weighted by Crippen LogP contribution is -2.22. The molecule has 3 heteroatoms. The van der Waals surface area contributed by atoms with Gasteiger partial charge in [-0.05, 0) is 67.6 Å². The first-order valence-electron chi connectivity index (χ1n) is 10.5. The normalized spacial score (nSPS) is 16.5. The Morgan fingerprint density at radius 3 is 2.63 bits per heavy atom. The highest BCUT2D eigenvalue weighted by atomic mass is 19.1. The Morgan fingerprint density at radius 1 is 1.04 bits per heavy atom. The third kappa shape index (κ3) is 5.32. The molecule has 0 aromatic heterocycles. The molecular formula is C24H32FNO. The topological polar surface area (TPSA) is 21.3 Å². The van der Waals surface area contributed by atoms with Gasteiger partial charge in [0.2, 0.25) is 0 Å². The Kier molecular flexibility index (Phi) is 7.28. The van der Waals surface area contributed by atoms with E-state index in [2.05, 4.69) is 30.4 Å². The van der Waals surface area contributed by atoms with Crippen LogP contribution >= 0.6 is 0 Å². The van der Waals surface area contributed by atoms with E-state index in [0.29, 0.717) is 11.6 Å². The average Bonchev–Trinajstić information content (AvgIpc) is 2.88. The van der Waals surface area contributed by atoms with Crippen molar-refractivity contribution in [2.45, 2.75) is 64.8 Å². The number of hydrogen-bond acceptors (Lipinski definition) is 2. The maximum absolute atomic E-state index is 13.6. The second-order valence-corrected chi connectivity index (χ2v) is 7.63. The quantitative estimate of drug-likeness (QED) is 0.531. The number of unbranched alkanes of at least 4 members (excludes halogenated alkanes) is 4. The third-order valence-electron chi connectivity index (χ3n) is 5.45. The number of ether oxygens (including phenoxy) is 1. The largest absolute Gasteiger partial charge is 0.493 e. The summed E-state index contributed by atoms with van der Waals surface area (Å²) >= 11 is 0. The zero-order valence-corrected chi connectivity index (χ0v) is 16.7. The molecule has 146 valence electrons. The lowest BCUT2D eigenvalue weighted by molar-refractivity contribution is 0.315. The maximum atomic E-state index is 13.6. The van der Waals surface area contributed by atoms with Gasteiger partial charge in [-0.3, -0.25) is 0 Å². The van der Waals surface area contributed by atoms with Crippen molar-refractivity contribution in [2.75, 3.05) is 13.2 Å². The predicted molar refractivity (Wildman–Crippen MR) is 111 cm³/mol. The van der Waals surface area contributed by atoms with Crippen LogP contribution < -0.4 is 10.1 Å². The minimum atomic E-state index is -0.159. The van der Waals surface area contributed by atoms with Gasteiger partial charge in [-0.2, -0.15) is 0 Å². The zero-order valence-electron chi connectivity index (χ0n) is 16.7. The highest BCUT2D eigenvalue weighted by molar-refractivity contribution is 5.67. The van der Waals surface area contributed by atoms with Crippen LogP contribution in [0.5, 0.6) is 5.75 Å². The van der Waals surface area contributed by atoms with Crippen molar-refractivity contribution in [3.8, 4) is 16.9 Å². The molecule has 1 heterocycles. The predicted octanol–water partition coefficient (Wildman–Crippen LogP) is 6.57. The lowest BCUT2D eigenvalue weighted by Gasteiger charge is -2.19. The van der Waals surface area contributed by atoms with E-state index in [1.54, 1.807) is 13.0 Å². The first kappa shape index (κ1) is 19.9. The second kappa shape index (κ2) is 9.89. The lowest BCUT2D eigenvalue weighted by atomic mass is 9.97. The number of halogens is 1. The molecule has 3 rings (SSSR count). The highest BCUT2D eigenvalue weighted by Gasteiger charge is 2.20. The molecule has 0 aliphatic carbocycles. The van der Waals surface area contributed by atoms with Crippen LogP contribution in [0.3, 0.4) is 0 Å². The van der Waals surface area contributed by atoms with Crippen LogP contribution in [0.1, 0.15) is 69.0 Å². The molecule has 1 atom stereocenters. The van der Waals surface area contributed by atoms with Crippen LogP contribution in [0.2, 0.25) is 0 Å². The van der Waals surface area contributed by atoms with Gasteiger partial charge in [-0.1, -0.05) is 50.8 Å². The summed E-state index contributed by atoms with van der Waals surface area (Å²) in [6, 6.07) is 12.1. The minimum Gasteiger partial charge on any atom is -0.493 e. The van der Waals surface area contributed by atoms with Crippen molar-refractivity contribution in [1.29, 1.82) is 0 Å². The van der Waals surface area contributed by atoms with Gasteiger partial charge in [0.05, 0.1) is 6.61 Å². The third-order valence-corrected chi connectivity index (χ3v) is 5.45. The first-order chi connectivity index (χ1) is 13.2. The summed E-state index contributed by atoms with van der Waals surface area (Å²) in [5, 5.41) is 3.74. The van der Waals surface area contributed by atoms with E-state index in [1.807, 2.05) is 12.1 Å².